The third-order valence-electron chi connectivity index (χ3n) is 8.13. The summed E-state index contributed by atoms with van der Waals surface area (Å²) in [6, 6.07) is 15.5. The van der Waals surface area contributed by atoms with Crippen LogP contribution in [0.3, 0.4) is 0 Å². The summed E-state index contributed by atoms with van der Waals surface area (Å²) in [6.45, 7) is 6.14. The number of nitrogens with two attached hydrogens (primary N) is 1. The number of aryl methyl sites for hydroxylation is 1. The lowest BCUT2D eigenvalue weighted by atomic mass is 9.79. The molecule has 3 heterocycles. The number of allylic oxidation sites excluding steroid dienone is 1. The molecular formula is C31H32N6O2. The molecule has 198 valence electrons. The normalized spacial score (nSPS) is 16.1. The predicted octanol–water partition coefficient (Wildman–Crippen LogP) is 4.94. The van der Waals surface area contributed by atoms with Crippen molar-refractivity contribution in [2.24, 2.45) is 5.73 Å². The van der Waals surface area contributed by atoms with Crippen LogP contribution in [0.15, 0.2) is 54.9 Å². The molecule has 0 radical (unpaired) electrons. The van der Waals surface area contributed by atoms with Crippen LogP contribution in [-0.4, -0.2) is 46.0 Å². The lowest BCUT2D eigenvalue weighted by Gasteiger charge is -2.39. The Bertz CT molecular complexity index is 1580. The fourth-order valence-corrected chi connectivity index (χ4v) is 5.65. The number of imidazole rings is 1. The second kappa shape index (κ2) is 9.69. The number of aromatic amines is 1. The Morgan fingerprint density at radius 3 is 2.56 bits per heavy atom. The molecule has 1 aliphatic carbocycles. The maximum atomic E-state index is 11.4. The van der Waals surface area contributed by atoms with Gasteiger partial charge < -0.3 is 20.4 Å². The van der Waals surface area contributed by atoms with Crippen LogP contribution in [0, 0.1) is 6.92 Å². The molecule has 4 aromatic rings. The number of piperidine rings is 1. The molecule has 39 heavy (non-hydrogen) atoms. The second-order valence-electron chi connectivity index (χ2n) is 10.7. The lowest BCUT2D eigenvalue weighted by Crippen LogP contribution is -2.42. The molecule has 1 saturated heterocycles. The van der Waals surface area contributed by atoms with Crippen molar-refractivity contribution in [2.75, 3.05) is 25.1 Å². The molecule has 1 amide bonds. The smallest absolute Gasteiger partial charge is 0.248 e. The number of anilines is 1. The van der Waals surface area contributed by atoms with Crippen LogP contribution in [0.25, 0.3) is 22.9 Å². The molecule has 2 aliphatic rings. The summed E-state index contributed by atoms with van der Waals surface area (Å²) < 4.78 is 5.41. The zero-order valence-electron chi connectivity index (χ0n) is 22.5. The fraction of sp³-hybridized carbons (Fsp3) is 0.290. The van der Waals surface area contributed by atoms with Crippen LogP contribution in [-0.2, 0) is 11.8 Å². The minimum atomic E-state index is -0.420. The van der Waals surface area contributed by atoms with Gasteiger partial charge in [0.15, 0.2) is 0 Å². The third-order valence-corrected chi connectivity index (χ3v) is 8.13. The molecule has 3 N–H and O–H groups in total. The average Bonchev–Trinajstić information content (AvgIpc) is 3.58. The van der Waals surface area contributed by atoms with Gasteiger partial charge in [-0.15, -0.1) is 0 Å². The van der Waals surface area contributed by atoms with Gasteiger partial charge in [-0.3, -0.25) is 4.79 Å². The van der Waals surface area contributed by atoms with Crippen molar-refractivity contribution in [1.82, 2.24) is 19.9 Å². The number of carbonyl (C=O) groups excluding carboxylic acids is 1. The summed E-state index contributed by atoms with van der Waals surface area (Å²) in [5.74, 6) is 2.43. The lowest BCUT2D eigenvalue weighted by molar-refractivity contribution is 0.100. The van der Waals surface area contributed by atoms with Crippen LogP contribution in [0.5, 0.6) is 5.75 Å². The number of primary amides is 1. The van der Waals surface area contributed by atoms with Crippen molar-refractivity contribution in [3.63, 3.8) is 0 Å². The standard InChI is InChI=1S/C31H32N6O2/c1-19-27(22-5-4-6-24(15-22)39-3)36-30(35-19)31(2)11-13-37(14-12-31)29-25-16-23(17-26(25)33-18-34-29)20-7-9-21(10-8-20)28(32)38/h4-10,15-16,18H,11-14,17H2,1-3H3,(H2,32,38)(H,35,36). The fourth-order valence-electron chi connectivity index (χ4n) is 5.65. The highest BCUT2D eigenvalue weighted by Crippen LogP contribution is 2.40. The number of carbonyl (C=O) groups is 1. The van der Waals surface area contributed by atoms with E-state index in [1.807, 2.05) is 30.3 Å². The molecule has 8 heteroatoms. The van der Waals surface area contributed by atoms with Gasteiger partial charge in [-0.1, -0.05) is 31.2 Å². The number of H-pyrrole nitrogens is 1. The molecule has 1 fully saturated rings. The Balaban J connectivity index is 1.21. The molecule has 0 bridgehead atoms. The number of rotatable bonds is 6. The molecule has 0 saturated carbocycles. The third kappa shape index (κ3) is 4.56. The first-order valence-corrected chi connectivity index (χ1v) is 13.3. The number of fused-ring (bicyclic) bond motifs is 1. The monoisotopic (exact) mass is 520 g/mol. The van der Waals surface area contributed by atoms with E-state index in [9.17, 15) is 4.79 Å². The number of nitrogens with zero attached hydrogens (tertiary/aromatic N) is 4. The van der Waals surface area contributed by atoms with Crippen LogP contribution < -0.4 is 15.4 Å². The highest BCUT2D eigenvalue weighted by Gasteiger charge is 2.36. The molecule has 8 nitrogen and oxygen atoms in total. The highest BCUT2D eigenvalue weighted by molar-refractivity contribution is 5.95. The Labute approximate surface area is 228 Å². The number of nitrogens with one attached hydrogen (secondary N) is 1. The van der Waals surface area contributed by atoms with Crippen molar-refractivity contribution in [3.05, 3.63) is 88.8 Å². The number of ether oxygens (including phenoxy) is 1. The van der Waals surface area contributed by atoms with Gasteiger partial charge in [0.2, 0.25) is 5.91 Å². The van der Waals surface area contributed by atoms with Gasteiger partial charge in [0, 0.05) is 47.3 Å². The molecule has 0 atom stereocenters. The summed E-state index contributed by atoms with van der Waals surface area (Å²) in [6.07, 6.45) is 6.52. The van der Waals surface area contributed by atoms with Gasteiger partial charge in [0.1, 0.15) is 23.7 Å². The summed E-state index contributed by atoms with van der Waals surface area (Å²) in [5, 5.41) is 0. The summed E-state index contributed by atoms with van der Waals surface area (Å²) in [4.78, 5) is 31.8. The first kappa shape index (κ1) is 24.9. The van der Waals surface area contributed by atoms with E-state index in [1.54, 1.807) is 25.6 Å². The summed E-state index contributed by atoms with van der Waals surface area (Å²) >= 11 is 0. The SMILES string of the molecule is COc1cccc(-c2nc(C3(C)CCN(c4ncnc5c4C=C(c4ccc(C(N)=O)cc4)C5)CC3)[nH]c2C)c1. The maximum Gasteiger partial charge on any atom is 0.248 e. The van der Waals surface area contributed by atoms with Gasteiger partial charge in [-0.05, 0) is 61.2 Å². The molecule has 1 aliphatic heterocycles. The van der Waals surface area contributed by atoms with E-state index in [0.717, 1.165) is 83.5 Å². The quantitative estimate of drug-likeness (QED) is 0.373. The van der Waals surface area contributed by atoms with Crippen molar-refractivity contribution in [1.29, 1.82) is 0 Å². The minimum absolute atomic E-state index is 0.0578. The Hall–Kier alpha value is -4.46. The predicted molar refractivity (Wildman–Crippen MR) is 153 cm³/mol. The number of benzene rings is 2. The van der Waals surface area contributed by atoms with Gasteiger partial charge in [-0.25, -0.2) is 15.0 Å². The molecule has 6 rings (SSSR count). The number of hydrogen-bond donors (Lipinski definition) is 2. The maximum absolute atomic E-state index is 11.4. The number of amides is 1. The molecular weight excluding hydrogens is 488 g/mol. The Kier molecular flexibility index (Phi) is 6.17. The second-order valence-corrected chi connectivity index (χ2v) is 10.7. The van der Waals surface area contributed by atoms with Gasteiger partial charge in [-0.2, -0.15) is 0 Å². The zero-order valence-corrected chi connectivity index (χ0v) is 22.5. The van der Waals surface area contributed by atoms with Crippen LogP contribution in [0.1, 0.15) is 58.5 Å². The van der Waals surface area contributed by atoms with Gasteiger partial charge in [0.25, 0.3) is 0 Å². The number of aromatic nitrogens is 4. The van der Waals surface area contributed by atoms with Gasteiger partial charge in [0.05, 0.1) is 18.5 Å². The van der Waals surface area contributed by atoms with E-state index in [2.05, 4.69) is 40.9 Å². The van der Waals surface area contributed by atoms with E-state index in [1.165, 1.54) is 5.57 Å². The molecule has 0 unspecified atom stereocenters. The highest BCUT2D eigenvalue weighted by atomic mass is 16.5. The van der Waals surface area contributed by atoms with Crippen LogP contribution in [0.2, 0.25) is 0 Å². The van der Waals surface area contributed by atoms with E-state index in [4.69, 9.17) is 20.4 Å². The van der Waals surface area contributed by atoms with Crippen molar-refractivity contribution < 1.29 is 9.53 Å². The Morgan fingerprint density at radius 1 is 1.08 bits per heavy atom. The van der Waals surface area contributed by atoms with Crippen LogP contribution >= 0.6 is 0 Å². The zero-order chi connectivity index (χ0) is 27.1. The number of methoxy groups -OCH3 is 1. The van der Waals surface area contributed by atoms with E-state index >= 15 is 0 Å². The topological polar surface area (TPSA) is 110 Å². The first-order chi connectivity index (χ1) is 18.8. The molecule has 2 aromatic heterocycles. The molecule has 2 aromatic carbocycles. The largest absolute Gasteiger partial charge is 0.497 e. The number of hydrogen-bond acceptors (Lipinski definition) is 6. The van der Waals surface area contributed by atoms with E-state index < -0.39 is 5.91 Å². The summed E-state index contributed by atoms with van der Waals surface area (Å²) in [7, 11) is 1.68. The van der Waals surface area contributed by atoms with Crippen molar-refractivity contribution in [3.8, 4) is 17.0 Å². The van der Waals surface area contributed by atoms with Crippen molar-refractivity contribution in [2.45, 2.75) is 38.5 Å². The summed E-state index contributed by atoms with van der Waals surface area (Å²) in [5.41, 5.74) is 13.3. The Morgan fingerprint density at radius 2 is 1.85 bits per heavy atom. The van der Waals surface area contributed by atoms with E-state index in [-0.39, 0.29) is 5.41 Å². The first-order valence-electron chi connectivity index (χ1n) is 13.3. The van der Waals surface area contributed by atoms with Gasteiger partial charge >= 0.3 is 0 Å². The minimum Gasteiger partial charge on any atom is -0.497 e. The van der Waals surface area contributed by atoms with E-state index in [0.29, 0.717) is 5.56 Å². The van der Waals surface area contributed by atoms with Crippen molar-refractivity contribution >= 4 is 23.4 Å². The van der Waals surface area contributed by atoms with Crippen LogP contribution in [0.4, 0.5) is 5.82 Å². The molecule has 0 spiro atoms. The average molecular weight is 521 g/mol.